The average molecular weight is 1890 g/mol. The van der Waals surface area contributed by atoms with Gasteiger partial charge in [-0.1, -0.05) is 202 Å². The molecule has 690 valence electrons. The SMILES string of the molecule is CO[C@H]1OC(COS(=O)(=O)O)[C@@H](O[C@@H]2OC(C(=O)O)[C@H](O[C@@H]3OC(COS(=O)(=O)O)[C@@H](O[C@@H]4OC(C(=O)O)[C@@H](O[C@H]5OC(COS(=O)(=O)O)[C@@H](OCc6ccccc6)[C@H](OCc6ccccc6)C5N=[N+]=[N-])[C@H](OCc5ccccc5)C4OCc4ccccc4)C(OSOOO)[C@@H]3N=[N+]=[N-])[C@@H](OCc3ccccc3)C2OS(=O)(=O)O)C(OCc2ccccc2)[C@@H]1N=[N+]=[N-]. The van der Waals surface area contributed by atoms with E-state index in [0.29, 0.717) is 27.8 Å². The summed E-state index contributed by atoms with van der Waals surface area (Å²) in [7, 11) is -21.4. The number of aliphatic carboxylic acids is 2. The highest BCUT2D eigenvalue weighted by molar-refractivity contribution is 7.89. The molecule has 10 unspecified atom stereocenters. The molecule has 0 amide bonds. The lowest BCUT2D eigenvalue weighted by Crippen LogP contribution is -2.69. The van der Waals surface area contributed by atoms with Crippen LogP contribution in [-0.2, 0) is 197 Å². The lowest BCUT2D eigenvalue weighted by atomic mass is 9.93. The molecule has 54 heteroatoms. The van der Waals surface area contributed by atoms with Crippen molar-refractivity contribution < 1.29 is 183 Å². The Kier molecular flexibility index (Phi) is 36.7. The number of carboxylic acids is 2. The number of ether oxygens (including phenoxy) is 16. The largest absolute Gasteiger partial charge is 0.479 e. The van der Waals surface area contributed by atoms with Crippen molar-refractivity contribution in [2.45, 2.75) is 193 Å². The van der Waals surface area contributed by atoms with Gasteiger partial charge in [-0.2, -0.15) is 33.7 Å². The molecule has 5 aliphatic heterocycles. The number of hydrogen-bond donors (Lipinski definition) is 7. The number of nitrogens with zero attached hydrogens (tertiary/aromatic N) is 9. The van der Waals surface area contributed by atoms with Crippen molar-refractivity contribution in [3.8, 4) is 0 Å². The van der Waals surface area contributed by atoms with E-state index in [4.69, 9.17) is 96.7 Å². The molecule has 25 atom stereocenters. The predicted molar refractivity (Wildman–Crippen MR) is 420 cm³/mol. The molecule has 0 aliphatic carbocycles. The molecular weight excluding hydrogens is 1800 g/mol. The van der Waals surface area contributed by atoms with E-state index in [9.17, 15) is 93.5 Å². The summed E-state index contributed by atoms with van der Waals surface area (Å²) in [4.78, 5) is 37.6. The van der Waals surface area contributed by atoms with Crippen LogP contribution >= 0.6 is 12.3 Å². The van der Waals surface area contributed by atoms with Gasteiger partial charge in [0, 0.05) is 21.8 Å². The van der Waals surface area contributed by atoms with Crippen LogP contribution < -0.4 is 0 Å². The minimum absolute atomic E-state index is 0.197. The van der Waals surface area contributed by atoms with E-state index in [1.807, 2.05) is 0 Å². The number of rotatable bonds is 47. The van der Waals surface area contributed by atoms with E-state index in [1.165, 1.54) is 24.3 Å². The molecule has 5 heterocycles. The topological polar surface area (TPSA) is 671 Å². The first kappa shape index (κ1) is 98.8. The van der Waals surface area contributed by atoms with Crippen LogP contribution in [0.4, 0.5) is 0 Å². The fraction of sp³-hybridized carbons (Fsp3) is 0.479. The molecule has 5 fully saturated rings. The highest BCUT2D eigenvalue weighted by Gasteiger charge is 2.62. The number of methoxy groups -OCH3 is 1. The van der Waals surface area contributed by atoms with Gasteiger partial charge in [0.2, 0.25) is 0 Å². The van der Waals surface area contributed by atoms with Crippen molar-refractivity contribution >= 4 is 65.9 Å². The van der Waals surface area contributed by atoms with Gasteiger partial charge in [-0.25, -0.2) is 31.6 Å². The fourth-order valence-corrected chi connectivity index (χ4v) is 15.9. The van der Waals surface area contributed by atoms with Crippen LogP contribution in [0, 0.1) is 0 Å². The monoisotopic (exact) mass is 1890 g/mol. The first-order chi connectivity index (χ1) is 60.9. The van der Waals surface area contributed by atoms with Gasteiger partial charge in [0.1, 0.15) is 104 Å². The van der Waals surface area contributed by atoms with Crippen molar-refractivity contribution in [1.82, 2.24) is 0 Å². The van der Waals surface area contributed by atoms with Crippen LogP contribution in [-0.4, -0.2) is 260 Å². The van der Waals surface area contributed by atoms with E-state index >= 15 is 0 Å². The quantitative estimate of drug-likeness (QED) is 0.00312. The van der Waals surface area contributed by atoms with E-state index in [-0.39, 0.29) is 31.1 Å². The normalized spacial score (nSPS) is 30.0. The van der Waals surface area contributed by atoms with Crippen molar-refractivity contribution in [2.24, 2.45) is 15.3 Å². The summed E-state index contributed by atoms with van der Waals surface area (Å²) in [5, 5.41) is 48.2. The van der Waals surface area contributed by atoms with Gasteiger partial charge in [-0.3, -0.25) is 22.4 Å². The molecular formula is C73H83N9O40S5. The van der Waals surface area contributed by atoms with Crippen molar-refractivity contribution in [2.75, 3.05) is 26.9 Å². The first-order valence-corrected chi connectivity index (χ1v) is 43.8. The standard InChI is InChI=1S/C73H83N9O40S5/c1-100-69-50(77-80-74)57(103-34-43-24-12-4-13-25-43)54(48(110-69)39-108-125(91,92)93)113-73-66(120-127(97,98)99)60(105-36-45-28-16-6-17-29-45)62(64(118-73)68(85)86)116-71-52(79-82-76)58(119-123-122-121-87)55(49(112-71)40-109-126(94,95)96)114-72-65(106-37-46-30-18-7-19-31-46)59(104-35-44-26-14-5-15-27-44)61(63(117-72)67(83)84)115-70-51(78-81-75)56(102-33-42-22-10-3-11-23-42)53(47(111-70)38-107-124(88,89)90)101-32-41-20-8-2-9-21-41/h2-31,47-66,69-73,87H,32-40H2,1H3,(H,83,84)(H,85,86)(H,88,89,90)(H,91,92,93)(H,94,95,96)(H,97,98,99)/t47?,48?,49?,50-,51?,52-,53+,54+,55+,56+,57?,58?,59-,60+,61-,62+,63?,64?,65?,66?,69-,70+,71-,72+,73+/m0/s1. The summed E-state index contributed by atoms with van der Waals surface area (Å²) in [6.07, 6.45) is -48.9. The molecule has 6 aromatic carbocycles. The number of carboxylic acid groups (broad SMARTS) is 2. The second-order valence-corrected chi connectivity index (χ2v) is 32.6. The molecule has 49 nitrogen and oxygen atoms in total. The Bertz CT molecular complexity index is 5130. The molecule has 0 aromatic heterocycles. The summed E-state index contributed by atoms with van der Waals surface area (Å²) in [5.41, 5.74) is 33.5. The van der Waals surface area contributed by atoms with Gasteiger partial charge in [0.05, 0.1) is 59.5 Å². The Morgan fingerprint density at radius 1 is 0.362 bits per heavy atom. The Balaban J connectivity index is 1.02. The second kappa shape index (κ2) is 47.2. The predicted octanol–water partition coefficient (Wildman–Crippen LogP) is 6.53. The maximum Gasteiger partial charge on any atom is 0.397 e. The molecule has 0 radical (unpaired) electrons. The Morgan fingerprint density at radius 2 is 0.646 bits per heavy atom. The van der Waals surface area contributed by atoms with Crippen LogP contribution in [0.15, 0.2) is 197 Å². The first-order valence-electron chi connectivity index (χ1n) is 37.7. The van der Waals surface area contributed by atoms with Gasteiger partial charge in [0.25, 0.3) is 0 Å². The van der Waals surface area contributed by atoms with Crippen LogP contribution in [0.5, 0.6) is 0 Å². The lowest BCUT2D eigenvalue weighted by Gasteiger charge is -2.51. The van der Waals surface area contributed by atoms with E-state index in [1.54, 1.807) is 158 Å². The van der Waals surface area contributed by atoms with Crippen LogP contribution in [0.3, 0.4) is 0 Å². The molecule has 5 aliphatic rings. The molecule has 0 saturated carbocycles. The third-order valence-corrected chi connectivity index (χ3v) is 21.8. The van der Waals surface area contributed by atoms with Crippen molar-refractivity contribution in [3.05, 3.63) is 247 Å². The van der Waals surface area contributed by atoms with Crippen LogP contribution in [0.2, 0.25) is 0 Å². The van der Waals surface area contributed by atoms with E-state index in [2.05, 4.69) is 39.4 Å². The zero-order chi connectivity index (χ0) is 90.8. The maximum absolute atomic E-state index is 14.5. The van der Waals surface area contributed by atoms with Gasteiger partial charge >= 0.3 is 53.5 Å². The van der Waals surface area contributed by atoms with Crippen LogP contribution in [0.25, 0.3) is 31.3 Å². The van der Waals surface area contributed by atoms with Gasteiger partial charge in [-0.15, -0.1) is 4.33 Å². The van der Waals surface area contributed by atoms with Gasteiger partial charge in [-0.05, 0) is 50.0 Å². The molecule has 0 spiro atoms. The number of carbonyl (C=O) groups is 2. The van der Waals surface area contributed by atoms with Crippen molar-refractivity contribution in [3.63, 3.8) is 0 Å². The fourth-order valence-electron chi connectivity index (χ4n) is 14.2. The van der Waals surface area contributed by atoms with Gasteiger partial charge < -0.3 is 86.0 Å². The molecule has 5 saturated heterocycles. The van der Waals surface area contributed by atoms with Gasteiger partial charge in [0.15, 0.2) is 62.1 Å². The number of azide groups is 3. The zero-order valence-corrected chi connectivity index (χ0v) is 69.9. The lowest BCUT2D eigenvalue weighted by molar-refractivity contribution is -0.435. The highest BCUT2D eigenvalue weighted by Crippen LogP contribution is 2.43. The molecule has 6 aromatic rings. The number of benzene rings is 6. The third kappa shape index (κ3) is 28.9. The van der Waals surface area contributed by atoms with Crippen LogP contribution in [0.1, 0.15) is 33.4 Å². The second-order valence-electron chi connectivity index (χ2n) is 27.8. The summed E-state index contributed by atoms with van der Waals surface area (Å²) in [6, 6.07) is 42.2. The zero-order valence-electron chi connectivity index (χ0n) is 65.8. The Morgan fingerprint density at radius 3 is 0.976 bits per heavy atom. The molecule has 11 rings (SSSR count). The average Bonchev–Trinajstić information content (AvgIpc) is 0.753. The highest BCUT2D eigenvalue weighted by atomic mass is 32.3. The smallest absolute Gasteiger partial charge is 0.397 e. The minimum atomic E-state index is -5.99. The van der Waals surface area contributed by atoms with E-state index in [0.717, 1.165) is 7.11 Å². The Labute approximate surface area is 727 Å². The minimum Gasteiger partial charge on any atom is -0.479 e. The van der Waals surface area contributed by atoms with Crippen molar-refractivity contribution in [1.29, 1.82) is 0 Å². The summed E-state index contributed by atoms with van der Waals surface area (Å²) >= 11 is -0.346. The summed E-state index contributed by atoms with van der Waals surface area (Å²) < 4.78 is 276. The molecule has 7 N–H and O–H groups in total. The number of hydrogen-bond acceptors (Lipinski definition) is 38. The summed E-state index contributed by atoms with van der Waals surface area (Å²) in [6.45, 7) is -6.72. The maximum atomic E-state index is 14.5. The Hall–Kier alpha value is -8.78. The summed E-state index contributed by atoms with van der Waals surface area (Å²) in [5.74, 6) is -4.08. The third-order valence-electron chi connectivity index (χ3n) is 19.6. The van der Waals surface area contributed by atoms with E-state index < -0.39 is 253 Å². The molecule has 0 bridgehead atoms. The molecule has 127 heavy (non-hydrogen) atoms.